The number of fused-ring (bicyclic) bond motifs is 3. The number of benzene rings is 4. The van der Waals surface area contributed by atoms with Crippen molar-refractivity contribution in [2.24, 2.45) is 5.92 Å². The topological polar surface area (TPSA) is 0 Å². The minimum atomic E-state index is -4.18. The molecule has 0 radical (unpaired) electrons. The van der Waals surface area contributed by atoms with Crippen molar-refractivity contribution in [2.45, 2.75) is 42.4 Å². The van der Waals surface area contributed by atoms with Crippen LogP contribution in [0.2, 0.25) is 9.26 Å². The van der Waals surface area contributed by atoms with Gasteiger partial charge in [0, 0.05) is 0 Å². The van der Waals surface area contributed by atoms with Crippen LogP contribution in [0.1, 0.15) is 48.9 Å². The van der Waals surface area contributed by atoms with Crippen LogP contribution in [0, 0.1) is 5.92 Å². The first-order chi connectivity index (χ1) is 18.4. The quantitative estimate of drug-likeness (QED) is 0.190. The second-order valence-corrected chi connectivity index (χ2v) is 27.8. The standard InChI is InChI=1S/C13H9.C13H10.C9H13.2CH3.Zr/c1-3-7-12-10(5-1)9-11-6-2-4-8-13(11)12;1-3-7-12(8-4-1)11-13-9-5-2-6-10-13;1-3-8(2)9-6-4-5-7-9;;;/h1-5,7-8H,9H2;1-10H;6-8H,3-4H2,1-2H3;2*1H3;. The zero-order valence-electron chi connectivity index (χ0n) is 23.2. The first-order valence-corrected chi connectivity index (χ1v) is 22.8. The summed E-state index contributed by atoms with van der Waals surface area (Å²) in [5, 5.41) is 0. The van der Waals surface area contributed by atoms with Crippen molar-refractivity contribution in [3.8, 4) is 11.1 Å². The van der Waals surface area contributed by atoms with Gasteiger partial charge >= 0.3 is 231 Å². The predicted molar refractivity (Wildman–Crippen MR) is 162 cm³/mol. The summed E-state index contributed by atoms with van der Waals surface area (Å²) in [6, 6.07) is 38.8. The van der Waals surface area contributed by atoms with Crippen LogP contribution in [0.3, 0.4) is 0 Å². The summed E-state index contributed by atoms with van der Waals surface area (Å²) in [7, 11) is 0. The zero-order chi connectivity index (χ0) is 26.4. The van der Waals surface area contributed by atoms with Crippen molar-refractivity contribution in [1.82, 2.24) is 0 Å². The Morgan fingerprint density at radius 1 is 0.737 bits per heavy atom. The van der Waals surface area contributed by atoms with E-state index in [-0.39, 0.29) is 0 Å². The molecule has 0 saturated carbocycles. The van der Waals surface area contributed by atoms with Gasteiger partial charge in [0.25, 0.3) is 0 Å². The molecule has 190 valence electrons. The van der Waals surface area contributed by atoms with Gasteiger partial charge in [0.05, 0.1) is 0 Å². The van der Waals surface area contributed by atoms with Gasteiger partial charge in [0.1, 0.15) is 0 Å². The fraction of sp³-hybridized carbons (Fsp3) is 0.216. The SMILES string of the molecule is CCC(C)C1=CC[C]([Zr]([CH3])([CH3])(=[C](c2ccccc2)c2ccccc2)[c]2cccc3c2Cc2ccccc2-3)=C1. The Balaban J connectivity index is 1.76. The first kappa shape index (κ1) is 25.4. The molecule has 0 heterocycles. The van der Waals surface area contributed by atoms with Gasteiger partial charge in [-0.25, -0.2) is 0 Å². The van der Waals surface area contributed by atoms with E-state index in [1.807, 2.05) is 0 Å². The fourth-order valence-corrected chi connectivity index (χ4v) is 22.1. The molecule has 0 spiro atoms. The average molecular weight is 574 g/mol. The summed E-state index contributed by atoms with van der Waals surface area (Å²) in [6.07, 6.45) is 8.45. The number of hydrogen-bond acceptors (Lipinski definition) is 0. The molecule has 0 aliphatic heterocycles. The molecule has 0 fully saturated rings. The fourth-order valence-electron chi connectivity index (χ4n) is 7.22. The van der Waals surface area contributed by atoms with Gasteiger partial charge in [-0.2, -0.15) is 0 Å². The van der Waals surface area contributed by atoms with Gasteiger partial charge in [0.2, 0.25) is 0 Å². The van der Waals surface area contributed by atoms with Crippen LogP contribution < -0.4 is 3.27 Å². The third-order valence-electron chi connectivity index (χ3n) is 9.58. The maximum absolute atomic E-state index is 4.18. The number of rotatable bonds is 6. The van der Waals surface area contributed by atoms with Gasteiger partial charge in [-0.05, 0) is 0 Å². The number of allylic oxidation sites excluding steroid dienone is 4. The van der Waals surface area contributed by atoms with Gasteiger partial charge in [0.15, 0.2) is 0 Å². The van der Waals surface area contributed by atoms with Gasteiger partial charge in [-0.1, -0.05) is 0 Å². The molecule has 4 aromatic rings. The molecule has 6 rings (SSSR count). The van der Waals surface area contributed by atoms with Crippen molar-refractivity contribution in [3.63, 3.8) is 0 Å². The van der Waals surface area contributed by atoms with Gasteiger partial charge < -0.3 is 0 Å². The molecule has 1 heteroatoms. The van der Waals surface area contributed by atoms with Gasteiger partial charge in [-0.3, -0.25) is 0 Å². The monoisotopic (exact) mass is 572 g/mol. The van der Waals surface area contributed by atoms with Crippen LogP contribution >= 0.6 is 0 Å². The average Bonchev–Trinajstić information content (AvgIpc) is 3.60. The van der Waals surface area contributed by atoms with E-state index in [0.29, 0.717) is 5.92 Å². The summed E-state index contributed by atoms with van der Waals surface area (Å²) in [5.41, 5.74) is 10.2. The van der Waals surface area contributed by atoms with Crippen LogP contribution in [0.15, 0.2) is 124 Å². The second-order valence-electron chi connectivity index (χ2n) is 12.0. The Labute approximate surface area is 229 Å². The summed E-state index contributed by atoms with van der Waals surface area (Å²) < 4.78 is 10.3. The molecular weight excluding hydrogens is 536 g/mol. The molecule has 38 heavy (non-hydrogen) atoms. The second kappa shape index (κ2) is 9.70. The van der Waals surface area contributed by atoms with E-state index in [1.54, 1.807) is 15.3 Å². The van der Waals surface area contributed by atoms with E-state index < -0.39 is 18.3 Å². The van der Waals surface area contributed by atoms with E-state index >= 15 is 0 Å². The van der Waals surface area contributed by atoms with E-state index in [2.05, 4.69) is 138 Å². The first-order valence-electron chi connectivity index (χ1n) is 14.2. The van der Waals surface area contributed by atoms with E-state index in [4.69, 9.17) is 0 Å². The summed E-state index contributed by atoms with van der Waals surface area (Å²) in [4.78, 5) is 0. The summed E-state index contributed by atoms with van der Waals surface area (Å²) >= 11 is -4.18. The van der Waals surface area contributed by atoms with E-state index in [9.17, 15) is 0 Å². The molecular formula is C37H38Zr. The van der Waals surface area contributed by atoms with Crippen LogP contribution in [0.5, 0.6) is 0 Å². The van der Waals surface area contributed by atoms with Gasteiger partial charge in [-0.15, -0.1) is 0 Å². The van der Waals surface area contributed by atoms with Crippen molar-refractivity contribution in [1.29, 1.82) is 0 Å². The Bertz CT molecular complexity index is 1600. The maximum atomic E-state index is 2.72. The molecule has 0 nitrogen and oxygen atoms in total. The molecule has 1 atom stereocenters. The molecule has 2 aliphatic carbocycles. The Kier molecular flexibility index (Phi) is 6.48. The minimum absolute atomic E-state index is 0.592. The number of hydrogen-bond donors (Lipinski definition) is 0. The van der Waals surface area contributed by atoms with Crippen molar-refractivity contribution in [3.05, 3.63) is 146 Å². The van der Waals surface area contributed by atoms with Crippen LogP contribution in [-0.2, 0) is 24.7 Å². The predicted octanol–water partition coefficient (Wildman–Crippen LogP) is 9.20. The van der Waals surface area contributed by atoms with Crippen molar-refractivity contribution in [2.75, 3.05) is 0 Å². The Hall–Kier alpha value is -2.89. The van der Waals surface area contributed by atoms with E-state index in [1.165, 1.54) is 39.8 Å². The third-order valence-corrected chi connectivity index (χ3v) is 25.4. The molecule has 0 amide bonds. The zero-order valence-corrected chi connectivity index (χ0v) is 25.6. The third kappa shape index (κ3) is 3.94. The molecule has 0 aromatic heterocycles. The van der Waals surface area contributed by atoms with Crippen LogP contribution in [-0.4, -0.2) is 3.21 Å². The van der Waals surface area contributed by atoms with E-state index in [0.717, 1.165) is 12.8 Å². The van der Waals surface area contributed by atoms with Crippen molar-refractivity contribution < 1.29 is 18.3 Å². The summed E-state index contributed by atoms with van der Waals surface area (Å²) in [6.45, 7) is 4.70. The van der Waals surface area contributed by atoms with Crippen molar-refractivity contribution >= 4 is 6.48 Å². The summed E-state index contributed by atoms with van der Waals surface area (Å²) in [5.74, 6) is 0.592. The normalized spacial score (nSPS) is 15.4. The molecule has 0 saturated heterocycles. The Morgan fingerprint density at radius 3 is 2.00 bits per heavy atom. The Morgan fingerprint density at radius 2 is 1.34 bits per heavy atom. The van der Waals surface area contributed by atoms with Crippen LogP contribution in [0.25, 0.3) is 11.1 Å². The van der Waals surface area contributed by atoms with Crippen LogP contribution in [0.4, 0.5) is 0 Å². The molecule has 2 aliphatic rings. The molecule has 0 bridgehead atoms. The molecule has 0 N–H and O–H groups in total. The molecule has 1 unspecified atom stereocenters. The molecule has 4 aromatic carbocycles.